The van der Waals surface area contributed by atoms with Gasteiger partial charge in [0.05, 0.1) is 12.3 Å². The summed E-state index contributed by atoms with van der Waals surface area (Å²) in [5, 5.41) is 0.682. The summed E-state index contributed by atoms with van der Waals surface area (Å²) in [4.78, 5) is 16.2. The Hall–Kier alpha value is -1.81. The third-order valence-electron chi connectivity index (χ3n) is 2.90. The third-order valence-corrected chi connectivity index (χ3v) is 3.32. The van der Waals surface area contributed by atoms with Crippen molar-refractivity contribution in [3.8, 4) is 11.5 Å². The molecule has 2 aromatic rings. The molecule has 0 N–H and O–H groups in total. The van der Waals surface area contributed by atoms with Crippen LogP contribution >= 0.6 is 11.6 Å². The van der Waals surface area contributed by atoms with E-state index in [0.717, 1.165) is 11.1 Å². The number of aromatic nitrogens is 1. The molecular weight excluding hydrogens is 278 g/mol. The number of esters is 1. The molecule has 2 rings (SSSR count). The normalized spacial score (nSPS) is 10.6. The number of oxazole rings is 1. The van der Waals surface area contributed by atoms with Crippen LogP contribution in [-0.4, -0.2) is 17.6 Å². The van der Waals surface area contributed by atoms with Gasteiger partial charge in [-0.3, -0.25) is 0 Å². The molecule has 106 valence electrons. The standard InChI is InChI=1S/C15H16ClNO3/c1-4-12-13(15(18)19-5-2)20-14(17-12)10-6-7-11(16)9(3)8-10/h6-8H,4-5H2,1-3H3. The molecule has 0 radical (unpaired) electrons. The summed E-state index contributed by atoms with van der Waals surface area (Å²) >= 11 is 6.00. The molecule has 0 amide bonds. The Morgan fingerprint density at radius 1 is 1.40 bits per heavy atom. The first-order valence-corrected chi connectivity index (χ1v) is 6.88. The van der Waals surface area contributed by atoms with E-state index in [0.29, 0.717) is 29.6 Å². The summed E-state index contributed by atoms with van der Waals surface area (Å²) < 4.78 is 10.5. The molecule has 0 unspecified atom stereocenters. The lowest BCUT2D eigenvalue weighted by Gasteiger charge is -2.00. The van der Waals surface area contributed by atoms with Crippen LogP contribution < -0.4 is 0 Å². The smallest absolute Gasteiger partial charge is 0.376 e. The summed E-state index contributed by atoms with van der Waals surface area (Å²) in [7, 11) is 0. The summed E-state index contributed by atoms with van der Waals surface area (Å²) in [6, 6.07) is 5.48. The second kappa shape index (κ2) is 6.09. The quantitative estimate of drug-likeness (QED) is 0.798. The highest BCUT2D eigenvalue weighted by Crippen LogP contribution is 2.26. The minimum Gasteiger partial charge on any atom is -0.460 e. The topological polar surface area (TPSA) is 52.3 Å². The Balaban J connectivity index is 2.42. The summed E-state index contributed by atoms with van der Waals surface area (Å²) in [6.07, 6.45) is 0.601. The van der Waals surface area contributed by atoms with Gasteiger partial charge in [-0.2, -0.15) is 0 Å². The van der Waals surface area contributed by atoms with Crippen LogP contribution in [0.25, 0.3) is 11.5 Å². The molecule has 0 aliphatic carbocycles. The van der Waals surface area contributed by atoms with Crippen LogP contribution in [0.5, 0.6) is 0 Å². The van der Waals surface area contributed by atoms with E-state index in [9.17, 15) is 4.79 Å². The Bertz CT molecular complexity index is 634. The molecule has 0 spiro atoms. The highest BCUT2D eigenvalue weighted by molar-refractivity contribution is 6.31. The number of carbonyl (C=O) groups is 1. The van der Waals surface area contributed by atoms with E-state index in [1.165, 1.54) is 0 Å². The fourth-order valence-electron chi connectivity index (χ4n) is 1.85. The van der Waals surface area contributed by atoms with Gasteiger partial charge in [-0.1, -0.05) is 18.5 Å². The number of benzene rings is 1. The lowest BCUT2D eigenvalue weighted by atomic mass is 10.1. The first-order valence-electron chi connectivity index (χ1n) is 6.50. The number of hydrogen-bond acceptors (Lipinski definition) is 4. The van der Waals surface area contributed by atoms with Gasteiger partial charge in [0.25, 0.3) is 0 Å². The molecule has 20 heavy (non-hydrogen) atoms. The van der Waals surface area contributed by atoms with Crippen molar-refractivity contribution >= 4 is 17.6 Å². The van der Waals surface area contributed by atoms with Gasteiger partial charge in [0.15, 0.2) is 0 Å². The van der Waals surface area contributed by atoms with Crippen LogP contribution in [0.4, 0.5) is 0 Å². The van der Waals surface area contributed by atoms with Crippen molar-refractivity contribution in [1.29, 1.82) is 0 Å². The Morgan fingerprint density at radius 2 is 2.15 bits per heavy atom. The van der Waals surface area contributed by atoms with Crippen LogP contribution in [-0.2, 0) is 11.2 Å². The molecule has 0 atom stereocenters. The van der Waals surface area contributed by atoms with Crippen molar-refractivity contribution in [1.82, 2.24) is 4.98 Å². The first kappa shape index (κ1) is 14.6. The van der Waals surface area contributed by atoms with E-state index in [-0.39, 0.29) is 5.76 Å². The fourth-order valence-corrected chi connectivity index (χ4v) is 1.97. The molecule has 0 aliphatic heterocycles. The Morgan fingerprint density at radius 3 is 2.75 bits per heavy atom. The number of aryl methyl sites for hydroxylation is 2. The zero-order chi connectivity index (χ0) is 14.7. The van der Waals surface area contributed by atoms with Crippen molar-refractivity contribution in [3.05, 3.63) is 40.2 Å². The largest absolute Gasteiger partial charge is 0.460 e. The molecule has 0 fully saturated rings. The highest BCUT2D eigenvalue weighted by Gasteiger charge is 2.21. The molecule has 0 bridgehead atoms. The lowest BCUT2D eigenvalue weighted by Crippen LogP contribution is -2.05. The fraction of sp³-hybridized carbons (Fsp3) is 0.333. The molecule has 1 heterocycles. The van der Waals surface area contributed by atoms with Gasteiger partial charge in [-0.15, -0.1) is 0 Å². The van der Waals surface area contributed by atoms with Crippen molar-refractivity contribution in [3.63, 3.8) is 0 Å². The number of halogens is 1. The Kier molecular flexibility index (Phi) is 4.45. The maximum atomic E-state index is 11.8. The van der Waals surface area contributed by atoms with E-state index in [2.05, 4.69) is 4.98 Å². The molecule has 1 aromatic heterocycles. The maximum absolute atomic E-state index is 11.8. The molecule has 4 nitrogen and oxygen atoms in total. The van der Waals surface area contributed by atoms with E-state index in [4.69, 9.17) is 20.8 Å². The molecule has 1 aromatic carbocycles. The first-order chi connectivity index (χ1) is 9.56. The van der Waals surface area contributed by atoms with E-state index in [1.807, 2.05) is 26.0 Å². The molecule has 0 saturated heterocycles. The van der Waals surface area contributed by atoms with Crippen molar-refractivity contribution in [2.75, 3.05) is 6.61 Å². The van der Waals surface area contributed by atoms with Gasteiger partial charge in [0, 0.05) is 10.6 Å². The monoisotopic (exact) mass is 293 g/mol. The van der Waals surface area contributed by atoms with Crippen LogP contribution in [0, 0.1) is 6.92 Å². The number of ether oxygens (including phenoxy) is 1. The average Bonchev–Trinajstić information content (AvgIpc) is 2.86. The average molecular weight is 294 g/mol. The van der Waals surface area contributed by atoms with Gasteiger partial charge in [0.1, 0.15) is 0 Å². The van der Waals surface area contributed by atoms with Gasteiger partial charge < -0.3 is 9.15 Å². The van der Waals surface area contributed by atoms with Crippen LogP contribution in [0.15, 0.2) is 22.6 Å². The molecular formula is C15H16ClNO3. The highest BCUT2D eigenvalue weighted by atomic mass is 35.5. The predicted octanol–water partition coefficient (Wildman–Crippen LogP) is 4.04. The van der Waals surface area contributed by atoms with Gasteiger partial charge >= 0.3 is 5.97 Å². The van der Waals surface area contributed by atoms with Crippen molar-refractivity contribution < 1.29 is 13.9 Å². The van der Waals surface area contributed by atoms with Crippen LogP contribution in [0.2, 0.25) is 5.02 Å². The number of carbonyl (C=O) groups excluding carboxylic acids is 1. The zero-order valence-electron chi connectivity index (χ0n) is 11.7. The van der Waals surface area contributed by atoms with E-state index < -0.39 is 5.97 Å². The van der Waals surface area contributed by atoms with Gasteiger partial charge in [-0.05, 0) is 44.0 Å². The Labute approximate surface area is 122 Å². The van der Waals surface area contributed by atoms with Crippen molar-refractivity contribution in [2.24, 2.45) is 0 Å². The predicted molar refractivity (Wildman–Crippen MR) is 77.0 cm³/mol. The van der Waals surface area contributed by atoms with E-state index >= 15 is 0 Å². The number of nitrogens with zero attached hydrogens (tertiary/aromatic N) is 1. The second-order valence-corrected chi connectivity index (χ2v) is 4.74. The second-order valence-electron chi connectivity index (χ2n) is 4.33. The number of rotatable bonds is 4. The molecule has 5 heteroatoms. The third kappa shape index (κ3) is 2.85. The van der Waals surface area contributed by atoms with E-state index in [1.54, 1.807) is 13.0 Å². The lowest BCUT2D eigenvalue weighted by molar-refractivity contribution is 0.0489. The summed E-state index contributed by atoms with van der Waals surface area (Å²) in [6.45, 7) is 5.88. The van der Waals surface area contributed by atoms with Gasteiger partial charge in [-0.25, -0.2) is 9.78 Å². The molecule has 0 aliphatic rings. The minimum absolute atomic E-state index is 0.178. The van der Waals surface area contributed by atoms with Gasteiger partial charge in [0.2, 0.25) is 11.7 Å². The van der Waals surface area contributed by atoms with Crippen LogP contribution in [0.3, 0.4) is 0 Å². The summed E-state index contributed by atoms with van der Waals surface area (Å²) in [5.41, 5.74) is 2.32. The maximum Gasteiger partial charge on any atom is 0.376 e. The minimum atomic E-state index is -0.478. The molecule has 0 saturated carbocycles. The zero-order valence-corrected chi connectivity index (χ0v) is 12.5. The number of hydrogen-bond donors (Lipinski definition) is 0. The van der Waals surface area contributed by atoms with Crippen molar-refractivity contribution in [2.45, 2.75) is 27.2 Å². The van der Waals surface area contributed by atoms with Crippen LogP contribution in [0.1, 0.15) is 35.7 Å². The SMILES string of the molecule is CCOC(=O)c1oc(-c2ccc(Cl)c(C)c2)nc1CC. The summed E-state index contributed by atoms with van der Waals surface area (Å²) in [5.74, 6) is 0.107.